The van der Waals surface area contributed by atoms with Crippen LogP contribution in [0.25, 0.3) is 0 Å². The van der Waals surface area contributed by atoms with Crippen molar-refractivity contribution in [1.82, 2.24) is 5.32 Å². The maximum Gasteiger partial charge on any atom is 0.173 e. The Morgan fingerprint density at radius 2 is 2.19 bits per heavy atom. The summed E-state index contributed by atoms with van der Waals surface area (Å²) in [6, 6.07) is 8.66. The summed E-state index contributed by atoms with van der Waals surface area (Å²) in [5.74, 6) is -0.706. The number of thiophene rings is 1. The Bertz CT molecular complexity index is 645. The van der Waals surface area contributed by atoms with Crippen molar-refractivity contribution >= 4 is 28.8 Å². The monoisotopic (exact) mass is 327 g/mol. The molecule has 0 aliphatic carbocycles. The van der Waals surface area contributed by atoms with Crippen LogP contribution < -0.4 is 11.1 Å². The molecule has 0 fully saturated rings. The first-order valence-electron chi connectivity index (χ1n) is 6.32. The Kier molecular flexibility index (Phi) is 5.55. The van der Waals surface area contributed by atoms with Gasteiger partial charge in [0, 0.05) is 23.5 Å². The summed E-state index contributed by atoms with van der Waals surface area (Å²) in [4.78, 5) is 1.18. The molecule has 2 aromatic rings. The van der Waals surface area contributed by atoms with Gasteiger partial charge in [0.25, 0.3) is 0 Å². The number of nitrogens with one attached hydrogen (secondary N) is 1. The highest BCUT2D eigenvalue weighted by Gasteiger charge is 2.11. The first kappa shape index (κ1) is 15.8. The number of hydrogen-bond acceptors (Lipinski definition) is 4. The molecule has 2 rings (SSSR count). The second-order valence-electron chi connectivity index (χ2n) is 4.40. The standard InChI is InChI=1S/C14H15ClFN3OS/c15-12-5-4-10(21-12)6-7-18-8-9-2-1-3-11(13(9)16)14(17)19-20/h1-5,18,20H,6-8H2,(H2,17,19). The molecule has 4 nitrogen and oxygen atoms in total. The minimum absolute atomic E-state index is 0.0989. The molecule has 0 saturated carbocycles. The zero-order valence-corrected chi connectivity index (χ0v) is 12.7. The summed E-state index contributed by atoms with van der Waals surface area (Å²) in [5.41, 5.74) is 6.00. The molecule has 1 aromatic heterocycles. The molecule has 1 aromatic carbocycles. The van der Waals surface area contributed by atoms with Crippen LogP contribution in [0.2, 0.25) is 4.34 Å². The number of oxime groups is 1. The quantitative estimate of drug-likeness (QED) is 0.251. The predicted molar refractivity (Wildman–Crippen MR) is 83.7 cm³/mol. The van der Waals surface area contributed by atoms with Crippen molar-refractivity contribution in [3.8, 4) is 0 Å². The van der Waals surface area contributed by atoms with E-state index in [1.165, 1.54) is 22.3 Å². The number of benzene rings is 1. The average Bonchev–Trinajstić information content (AvgIpc) is 2.90. The molecule has 0 amide bonds. The van der Waals surface area contributed by atoms with Gasteiger partial charge in [-0.25, -0.2) is 4.39 Å². The molecular weight excluding hydrogens is 313 g/mol. The van der Waals surface area contributed by atoms with E-state index in [0.717, 1.165) is 10.8 Å². The van der Waals surface area contributed by atoms with Crippen molar-refractivity contribution in [2.75, 3.05) is 6.54 Å². The molecule has 0 saturated heterocycles. The molecule has 0 radical (unpaired) electrons. The highest BCUT2D eigenvalue weighted by Crippen LogP contribution is 2.21. The van der Waals surface area contributed by atoms with Crippen LogP contribution in [-0.4, -0.2) is 17.6 Å². The molecule has 7 heteroatoms. The van der Waals surface area contributed by atoms with E-state index >= 15 is 0 Å². The lowest BCUT2D eigenvalue weighted by molar-refractivity contribution is 0.318. The third-order valence-electron chi connectivity index (χ3n) is 2.95. The Morgan fingerprint density at radius 3 is 2.86 bits per heavy atom. The van der Waals surface area contributed by atoms with Gasteiger partial charge in [0.15, 0.2) is 5.84 Å². The van der Waals surface area contributed by atoms with Crippen molar-refractivity contribution in [3.05, 3.63) is 56.5 Å². The second-order valence-corrected chi connectivity index (χ2v) is 6.20. The SMILES string of the molecule is N/C(=N/O)c1cccc(CNCCc2ccc(Cl)s2)c1F. The molecular formula is C14H15ClFN3OS. The molecule has 1 heterocycles. The highest BCUT2D eigenvalue weighted by atomic mass is 35.5. The molecule has 0 unspecified atom stereocenters. The molecule has 112 valence electrons. The van der Waals surface area contributed by atoms with Gasteiger partial charge in [0.2, 0.25) is 0 Å². The average molecular weight is 328 g/mol. The Morgan fingerprint density at radius 1 is 1.38 bits per heavy atom. The van der Waals surface area contributed by atoms with E-state index in [1.54, 1.807) is 12.1 Å². The zero-order valence-electron chi connectivity index (χ0n) is 11.1. The van der Waals surface area contributed by atoms with E-state index in [0.29, 0.717) is 18.7 Å². The number of nitrogens with zero attached hydrogens (tertiary/aromatic N) is 1. The lowest BCUT2D eigenvalue weighted by Crippen LogP contribution is -2.20. The summed E-state index contributed by atoms with van der Waals surface area (Å²) in [6.45, 7) is 1.08. The van der Waals surface area contributed by atoms with Crippen molar-refractivity contribution in [2.24, 2.45) is 10.9 Å². The number of hydrogen-bond donors (Lipinski definition) is 3. The largest absolute Gasteiger partial charge is 0.409 e. The van der Waals surface area contributed by atoms with Gasteiger partial charge in [-0.1, -0.05) is 28.9 Å². The lowest BCUT2D eigenvalue weighted by Gasteiger charge is -2.08. The summed E-state index contributed by atoms with van der Waals surface area (Å²) >= 11 is 7.39. The molecule has 0 bridgehead atoms. The number of nitrogens with two attached hydrogens (primary N) is 1. The smallest absolute Gasteiger partial charge is 0.173 e. The van der Waals surface area contributed by atoms with E-state index in [1.807, 2.05) is 12.1 Å². The van der Waals surface area contributed by atoms with Gasteiger partial charge < -0.3 is 16.3 Å². The van der Waals surface area contributed by atoms with Crippen molar-refractivity contribution in [3.63, 3.8) is 0 Å². The molecule has 0 aliphatic rings. The van der Waals surface area contributed by atoms with E-state index in [9.17, 15) is 4.39 Å². The van der Waals surface area contributed by atoms with Gasteiger partial charge in [-0.3, -0.25) is 0 Å². The van der Waals surface area contributed by atoms with Crippen LogP contribution in [-0.2, 0) is 13.0 Å². The van der Waals surface area contributed by atoms with E-state index < -0.39 is 5.82 Å². The van der Waals surface area contributed by atoms with Crippen LogP contribution in [0.5, 0.6) is 0 Å². The third kappa shape index (κ3) is 4.17. The fourth-order valence-electron chi connectivity index (χ4n) is 1.89. The summed E-state index contributed by atoms with van der Waals surface area (Å²) in [7, 11) is 0. The Balaban J connectivity index is 1.91. The first-order valence-corrected chi connectivity index (χ1v) is 7.51. The third-order valence-corrected chi connectivity index (χ3v) is 4.25. The maximum atomic E-state index is 14.1. The molecule has 0 atom stereocenters. The van der Waals surface area contributed by atoms with Crippen LogP contribution in [0.4, 0.5) is 4.39 Å². The van der Waals surface area contributed by atoms with E-state index in [4.69, 9.17) is 22.5 Å². The van der Waals surface area contributed by atoms with Gasteiger partial charge in [-0.2, -0.15) is 0 Å². The van der Waals surface area contributed by atoms with Crippen molar-refractivity contribution in [2.45, 2.75) is 13.0 Å². The van der Waals surface area contributed by atoms with Crippen LogP contribution in [0.1, 0.15) is 16.0 Å². The fourth-order valence-corrected chi connectivity index (χ4v) is 2.98. The minimum Gasteiger partial charge on any atom is -0.409 e. The maximum absolute atomic E-state index is 14.1. The molecule has 4 N–H and O–H groups in total. The molecule has 0 aliphatic heterocycles. The van der Waals surface area contributed by atoms with Gasteiger partial charge in [0.1, 0.15) is 5.82 Å². The number of halogens is 2. The van der Waals surface area contributed by atoms with Gasteiger partial charge in [0.05, 0.1) is 9.90 Å². The summed E-state index contributed by atoms with van der Waals surface area (Å²) in [6.07, 6.45) is 0.832. The van der Waals surface area contributed by atoms with Crippen LogP contribution >= 0.6 is 22.9 Å². The molecule has 21 heavy (non-hydrogen) atoms. The predicted octanol–water partition coefficient (Wildman–Crippen LogP) is 2.97. The molecule has 0 spiro atoms. The normalized spacial score (nSPS) is 11.8. The van der Waals surface area contributed by atoms with Gasteiger partial charge in [-0.05, 0) is 24.6 Å². The highest BCUT2D eigenvalue weighted by molar-refractivity contribution is 7.16. The van der Waals surface area contributed by atoms with Crippen LogP contribution in [0.15, 0.2) is 35.5 Å². The van der Waals surface area contributed by atoms with Gasteiger partial charge >= 0.3 is 0 Å². The second kappa shape index (κ2) is 7.40. The zero-order chi connectivity index (χ0) is 15.2. The topological polar surface area (TPSA) is 70.6 Å². The fraction of sp³-hybridized carbons (Fsp3) is 0.214. The summed E-state index contributed by atoms with van der Waals surface area (Å²) in [5, 5.41) is 14.6. The van der Waals surface area contributed by atoms with Crippen molar-refractivity contribution in [1.29, 1.82) is 0 Å². The van der Waals surface area contributed by atoms with Gasteiger partial charge in [-0.15, -0.1) is 11.3 Å². The number of rotatable bonds is 6. The minimum atomic E-state index is -0.473. The van der Waals surface area contributed by atoms with Crippen LogP contribution in [0, 0.1) is 5.82 Å². The van der Waals surface area contributed by atoms with Crippen molar-refractivity contribution < 1.29 is 9.60 Å². The lowest BCUT2D eigenvalue weighted by atomic mass is 10.1. The summed E-state index contributed by atoms with van der Waals surface area (Å²) < 4.78 is 14.9. The Labute approximate surface area is 131 Å². The van der Waals surface area contributed by atoms with E-state index in [-0.39, 0.29) is 11.4 Å². The Hall–Kier alpha value is -1.63. The van der Waals surface area contributed by atoms with E-state index in [2.05, 4.69) is 10.5 Å². The van der Waals surface area contributed by atoms with Crippen LogP contribution in [0.3, 0.4) is 0 Å². The number of amidine groups is 1. The first-order chi connectivity index (χ1) is 10.1.